The fourth-order valence-electron chi connectivity index (χ4n) is 2.98. The molecule has 0 saturated carbocycles. The predicted molar refractivity (Wildman–Crippen MR) is 98.9 cm³/mol. The minimum Gasteiger partial charge on any atom is -0.497 e. The molecule has 0 unspecified atom stereocenters. The van der Waals surface area contributed by atoms with Gasteiger partial charge >= 0.3 is 0 Å². The summed E-state index contributed by atoms with van der Waals surface area (Å²) in [6.07, 6.45) is 2.34. The lowest BCUT2D eigenvalue weighted by atomic mass is 10.2. The number of aromatic nitrogens is 2. The highest BCUT2D eigenvalue weighted by atomic mass is 16.5. The van der Waals surface area contributed by atoms with E-state index in [1.54, 1.807) is 32.4 Å². The Labute approximate surface area is 153 Å². The number of carbonyl (C=O) groups is 1. The third-order valence-electron chi connectivity index (χ3n) is 4.33. The van der Waals surface area contributed by atoms with Crippen LogP contribution in [0, 0.1) is 6.92 Å². The molecule has 0 spiro atoms. The molecule has 1 aromatic heterocycles. The van der Waals surface area contributed by atoms with Gasteiger partial charge < -0.3 is 19.7 Å². The molecule has 1 aromatic carbocycles. The summed E-state index contributed by atoms with van der Waals surface area (Å²) in [7, 11) is 3.11. The van der Waals surface area contributed by atoms with Gasteiger partial charge in [0.2, 0.25) is 5.95 Å². The van der Waals surface area contributed by atoms with Gasteiger partial charge in [-0.3, -0.25) is 4.79 Å². The number of aryl methyl sites for hydroxylation is 1. The van der Waals surface area contributed by atoms with Crippen molar-refractivity contribution >= 4 is 11.9 Å². The van der Waals surface area contributed by atoms with Crippen molar-refractivity contribution in [1.82, 2.24) is 15.3 Å². The highest BCUT2D eigenvalue weighted by molar-refractivity contribution is 5.95. The molecule has 2 heterocycles. The quantitative estimate of drug-likeness (QED) is 0.856. The fraction of sp³-hybridized carbons (Fsp3) is 0.421. The first-order chi connectivity index (χ1) is 12.6. The molecule has 26 heavy (non-hydrogen) atoms. The Bertz CT molecular complexity index is 766. The highest BCUT2D eigenvalue weighted by Crippen LogP contribution is 2.22. The standard InChI is InChI=1S/C19H24N4O3/c1-13-8-15(22-19(21-13)23-6-4-5-7-23)12-20-18(24)14-9-16(25-2)11-17(10-14)26-3/h8-11H,4-7,12H2,1-3H3,(H,20,24). The van der Waals surface area contributed by atoms with Crippen LogP contribution in [0.3, 0.4) is 0 Å². The first kappa shape index (κ1) is 18.0. The third-order valence-corrected chi connectivity index (χ3v) is 4.33. The van der Waals surface area contributed by atoms with Gasteiger partial charge in [-0.15, -0.1) is 0 Å². The van der Waals surface area contributed by atoms with Crippen molar-refractivity contribution in [3.8, 4) is 11.5 Å². The van der Waals surface area contributed by atoms with Crippen molar-refractivity contribution in [2.75, 3.05) is 32.2 Å². The fourth-order valence-corrected chi connectivity index (χ4v) is 2.98. The van der Waals surface area contributed by atoms with Crippen molar-refractivity contribution in [3.05, 3.63) is 41.2 Å². The summed E-state index contributed by atoms with van der Waals surface area (Å²) in [6.45, 7) is 4.25. The second-order valence-corrected chi connectivity index (χ2v) is 6.28. The summed E-state index contributed by atoms with van der Waals surface area (Å²) in [4.78, 5) is 23.8. The van der Waals surface area contributed by atoms with Crippen molar-refractivity contribution < 1.29 is 14.3 Å². The minimum absolute atomic E-state index is 0.207. The number of rotatable bonds is 6. The molecule has 0 radical (unpaired) electrons. The van der Waals surface area contributed by atoms with Gasteiger partial charge in [0, 0.05) is 30.4 Å². The molecular formula is C19H24N4O3. The Kier molecular flexibility index (Phi) is 5.55. The third kappa shape index (κ3) is 4.22. The van der Waals surface area contributed by atoms with Crippen LogP contribution in [0.25, 0.3) is 0 Å². The van der Waals surface area contributed by atoms with E-state index in [0.29, 0.717) is 23.6 Å². The van der Waals surface area contributed by atoms with E-state index in [0.717, 1.165) is 30.4 Å². The van der Waals surface area contributed by atoms with Gasteiger partial charge in [-0.25, -0.2) is 9.97 Å². The van der Waals surface area contributed by atoms with Gasteiger partial charge in [0.25, 0.3) is 5.91 Å². The molecule has 7 heteroatoms. The van der Waals surface area contributed by atoms with Crippen LogP contribution in [0.2, 0.25) is 0 Å². The summed E-state index contributed by atoms with van der Waals surface area (Å²) >= 11 is 0. The summed E-state index contributed by atoms with van der Waals surface area (Å²) in [5.74, 6) is 1.68. The van der Waals surface area contributed by atoms with E-state index in [2.05, 4.69) is 20.2 Å². The largest absolute Gasteiger partial charge is 0.497 e. The van der Waals surface area contributed by atoms with Crippen molar-refractivity contribution in [1.29, 1.82) is 0 Å². The van der Waals surface area contributed by atoms with Gasteiger partial charge in [0.15, 0.2) is 0 Å². The van der Waals surface area contributed by atoms with Crippen LogP contribution in [0.15, 0.2) is 24.3 Å². The number of anilines is 1. The van der Waals surface area contributed by atoms with E-state index < -0.39 is 0 Å². The molecule has 0 bridgehead atoms. The molecule has 1 aliphatic heterocycles. The number of nitrogens with zero attached hydrogens (tertiary/aromatic N) is 3. The average Bonchev–Trinajstić information content (AvgIpc) is 3.20. The lowest BCUT2D eigenvalue weighted by Gasteiger charge is -2.16. The molecule has 1 saturated heterocycles. The lowest BCUT2D eigenvalue weighted by molar-refractivity contribution is 0.0949. The number of hydrogen-bond acceptors (Lipinski definition) is 6. The monoisotopic (exact) mass is 356 g/mol. The number of amides is 1. The first-order valence-electron chi connectivity index (χ1n) is 8.70. The predicted octanol–water partition coefficient (Wildman–Crippen LogP) is 2.33. The van der Waals surface area contributed by atoms with E-state index in [-0.39, 0.29) is 5.91 Å². The number of benzene rings is 1. The summed E-state index contributed by atoms with van der Waals surface area (Å²) in [5.41, 5.74) is 2.17. The Morgan fingerprint density at radius 3 is 2.35 bits per heavy atom. The normalized spacial score (nSPS) is 13.6. The summed E-state index contributed by atoms with van der Waals surface area (Å²) in [6, 6.07) is 6.98. The Morgan fingerprint density at radius 1 is 1.08 bits per heavy atom. The van der Waals surface area contributed by atoms with Crippen LogP contribution in [-0.4, -0.2) is 43.2 Å². The molecule has 0 atom stereocenters. The average molecular weight is 356 g/mol. The number of hydrogen-bond donors (Lipinski definition) is 1. The molecule has 1 aliphatic rings. The number of ether oxygens (including phenoxy) is 2. The van der Waals surface area contributed by atoms with Crippen LogP contribution in [0.5, 0.6) is 11.5 Å². The first-order valence-corrected chi connectivity index (χ1v) is 8.70. The molecule has 2 aromatic rings. The maximum atomic E-state index is 12.5. The van der Waals surface area contributed by atoms with Crippen LogP contribution in [0.4, 0.5) is 5.95 Å². The van der Waals surface area contributed by atoms with E-state index in [4.69, 9.17) is 9.47 Å². The van der Waals surface area contributed by atoms with Gasteiger partial charge in [0.05, 0.1) is 26.5 Å². The van der Waals surface area contributed by atoms with E-state index in [1.807, 2.05) is 13.0 Å². The van der Waals surface area contributed by atoms with Gasteiger partial charge in [-0.2, -0.15) is 0 Å². The van der Waals surface area contributed by atoms with Gasteiger partial charge in [-0.1, -0.05) is 0 Å². The Hall–Kier alpha value is -2.83. The van der Waals surface area contributed by atoms with E-state index in [1.165, 1.54) is 12.8 Å². The molecule has 3 rings (SSSR count). The van der Waals surface area contributed by atoms with Gasteiger partial charge in [-0.05, 0) is 38.0 Å². The number of nitrogens with one attached hydrogen (secondary N) is 1. The highest BCUT2D eigenvalue weighted by Gasteiger charge is 2.16. The summed E-state index contributed by atoms with van der Waals surface area (Å²) < 4.78 is 10.4. The topological polar surface area (TPSA) is 76.6 Å². The molecule has 1 N–H and O–H groups in total. The maximum absolute atomic E-state index is 12.5. The number of methoxy groups -OCH3 is 2. The lowest BCUT2D eigenvalue weighted by Crippen LogP contribution is -2.25. The summed E-state index contributed by atoms with van der Waals surface area (Å²) in [5, 5.41) is 2.90. The van der Waals surface area contributed by atoms with Crippen LogP contribution in [-0.2, 0) is 6.54 Å². The molecule has 138 valence electrons. The van der Waals surface area contributed by atoms with Crippen molar-refractivity contribution in [2.45, 2.75) is 26.3 Å². The number of carbonyl (C=O) groups excluding carboxylic acids is 1. The molecular weight excluding hydrogens is 332 g/mol. The van der Waals surface area contributed by atoms with Gasteiger partial charge in [0.1, 0.15) is 11.5 Å². The Morgan fingerprint density at radius 2 is 1.73 bits per heavy atom. The van der Waals surface area contributed by atoms with E-state index in [9.17, 15) is 4.79 Å². The van der Waals surface area contributed by atoms with Crippen LogP contribution >= 0.6 is 0 Å². The van der Waals surface area contributed by atoms with Crippen molar-refractivity contribution in [2.24, 2.45) is 0 Å². The SMILES string of the molecule is COc1cc(OC)cc(C(=O)NCc2cc(C)nc(N3CCCC3)n2)c1. The molecule has 7 nitrogen and oxygen atoms in total. The zero-order valence-corrected chi connectivity index (χ0v) is 15.4. The van der Waals surface area contributed by atoms with Crippen LogP contribution in [0.1, 0.15) is 34.6 Å². The second-order valence-electron chi connectivity index (χ2n) is 6.28. The Balaban J connectivity index is 1.71. The smallest absolute Gasteiger partial charge is 0.251 e. The van der Waals surface area contributed by atoms with Crippen molar-refractivity contribution in [3.63, 3.8) is 0 Å². The molecule has 1 amide bonds. The minimum atomic E-state index is -0.207. The molecule has 0 aliphatic carbocycles. The van der Waals surface area contributed by atoms with E-state index >= 15 is 0 Å². The zero-order valence-electron chi connectivity index (χ0n) is 15.4. The zero-order chi connectivity index (χ0) is 18.5. The maximum Gasteiger partial charge on any atom is 0.251 e. The van der Waals surface area contributed by atoms with Crippen LogP contribution < -0.4 is 19.7 Å². The second kappa shape index (κ2) is 8.03. The molecule has 1 fully saturated rings.